The average molecular weight is 346 g/mol. The molecule has 4 nitrogen and oxygen atoms in total. The van der Waals surface area contributed by atoms with Crippen LogP contribution in [0.25, 0.3) is 0 Å². The third-order valence-electron chi connectivity index (χ3n) is 4.95. The van der Waals surface area contributed by atoms with Crippen molar-refractivity contribution >= 4 is 5.97 Å². The second kappa shape index (κ2) is 7.94. The summed E-state index contributed by atoms with van der Waals surface area (Å²) < 4.78 is 6.26. The Morgan fingerprint density at radius 3 is 2.72 bits per heavy atom. The monoisotopic (exact) mass is 346 g/mol. The molecule has 1 atom stereocenters. The van der Waals surface area contributed by atoms with Gasteiger partial charge in [0.1, 0.15) is 22.7 Å². The van der Waals surface area contributed by atoms with Crippen LogP contribution in [0.4, 0.5) is 0 Å². The number of hydrogen-bond donors (Lipinski definition) is 2. The first-order chi connectivity index (χ1) is 11.8. The first-order valence-corrected chi connectivity index (χ1v) is 9.21. The van der Waals surface area contributed by atoms with Crippen LogP contribution in [0.15, 0.2) is 17.7 Å². The van der Waals surface area contributed by atoms with E-state index in [-0.39, 0.29) is 16.9 Å². The van der Waals surface area contributed by atoms with Crippen molar-refractivity contribution in [2.24, 2.45) is 0 Å². The van der Waals surface area contributed by atoms with Gasteiger partial charge in [-0.3, -0.25) is 0 Å². The normalized spacial score (nSPS) is 19.0. The summed E-state index contributed by atoms with van der Waals surface area (Å²) in [4.78, 5) is 11.6. The van der Waals surface area contributed by atoms with Gasteiger partial charge in [-0.25, -0.2) is 4.79 Å². The van der Waals surface area contributed by atoms with Gasteiger partial charge >= 0.3 is 5.97 Å². The Balaban J connectivity index is 2.33. The standard InChI is InChI=1S/C21H30O4/c1-5-6-9-15-13-17-16(19(22)18(15)20(23)24)10-12-21(4,25-17)11-7-8-14(2)3/h8,13,22H,5-7,9-12H2,1-4H3,(H,23,24)/t21-/m1/s1. The van der Waals surface area contributed by atoms with Crippen molar-refractivity contribution < 1.29 is 19.7 Å². The zero-order valence-corrected chi connectivity index (χ0v) is 15.8. The predicted octanol–water partition coefficient (Wildman–Crippen LogP) is 5.26. The number of hydrogen-bond acceptors (Lipinski definition) is 3. The lowest BCUT2D eigenvalue weighted by Gasteiger charge is -2.36. The Labute approximate surface area is 150 Å². The van der Waals surface area contributed by atoms with Gasteiger partial charge in [-0.1, -0.05) is 25.0 Å². The van der Waals surface area contributed by atoms with E-state index >= 15 is 0 Å². The number of benzene rings is 1. The average Bonchev–Trinajstić information content (AvgIpc) is 2.51. The minimum absolute atomic E-state index is 0.0453. The van der Waals surface area contributed by atoms with Crippen LogP contribution >= 0.6 is 0 Å². The summed E-state index contributed by atoms with van der Waals surface area (Å²) in [5.41, 5.74) is 2.36. The lowest BCUT2D eigenvalue weighted by molar-refractivity contribution is 0.0559. The Bertz CT molecular complexity index is 671. The number of carboxylic acids is 1. The first kappa shape index (κ1) is 19.4. The first-order valence-electron chi connectivity index (χ1n) is 9.21. The van der Waals surface area contributed by atoms with Gasteiger partial charge in [0.15, 0.2) is 0 Å². The number of unbranched alkanes of at least 4 members (excludes halogenated alkanes) is 1. The molecule has 1 aromatic rings. The predicted molar refractivity (Wildman–Crippen MR) is 99.7 cm³/mol. The smallest absolute Gasteiger partial charge is 0.339 e. The van der Waals surface area contributed by atoms with Crippen molar-refractivity contribution in [3.8, 4) is 11.5 Å². The zero-order chi connectivity index (χ0) is 18.6. The van der Waals surface area contributed by atoms with E-state index < -0.39 is 5.97 Å². The highest BCUT2D eigenvalue weighted by Gasteiger charge is 2.34. The Morgan fingerprint density at radius 2 is 2.12 bits per heavy atom. The Kier molecular flexibility index (Phi) is 6.15. The van der Waals surface area contributed by atoms with Crippen molar-refractivity contribution in [1.29, 1.82) is 0 Å². The van der Waals surface area contributed by atoms with E-state index in [2.05, 4.69) is 33.8 Å². The summed E-state index contributed by atoms with van der Waals surface area (Å²) in [6.07, 6.45) is 7.98. The number of aryl methyl sites for hydroxylation is 1. The minimum atomic E-state index is -1.07. The van der Waals surface area contributed by atoms with Crippen LogP contribution < -0.4 is 4.74 Å². The second-order valence-electron chi connectivity index (χ2n) is 7.52. The molecule has 0 bridgehead atoms. The fourth-order valence-electron chi connectivity index (χ4n) is 3.42. The van der Waals surface area contributed by atoms with Gasteiger partial charge in [0.25, 0.3) is 0 Å². The number of aromatic hydroxyl groups is 1. The van der Waals surface area contributed by atoms with E-state index in [1.165, 1.54) is 5.57 Å². The molecule has 0 radical (unpaired) electrons. The molecular formula is C21H30O4. The molecule has 0 fully saturated rings. The summed E-state index contributed by atoms with van der Waals surface area (Å²) in [7, 11) is 0. The van der Waals surface area contributed by atoms with Gasteiger partial charge in [0.2, 0.25) is 0 Å². The molecule has 4 heteroatoms. The summed E-state index contributed by atoms with van der Waals surface area (Å²) in [5.74, 6) is -0.523. The Hall–Kier alpha value is -1.97. The maximum absolute atomic E-state index is 11.6. The van der Waals surface area contributed by atoms with Gasteiger partial charge in [-0.15, -0.1) is 0 Å². The fourth-order valence-corrected chi connectivity index (χ4v) is 3.42. The van der Waals surface area contributed by atoms with E-state index in [1.54, 1.807) is 0 Å². The van der Waals surface area contributed by atoms with Crippen LogP contribution in [0.3, 0.4) is 0 Å². The molecule has 0 amide bonds. The highest BCUT2D eigenvalue weighted by atomic mass is 16.5. The number of allylic oxidation sites excluding steroid dienone is 2. The molecular weight excluding hydrogens is 316 g/mol. The SMILES string of the molecule is CCCCc1cc2c(c(O)c1C(=O)O)CC[C@@](C)(CCC=C(C)C)O2. The lowest BCUT2D eigenvalue weighted by atomic mass is 9.86. The van der Waals surface area contributed by atoms with Gasteiger partial charge in [-0.2, -0.15) is 0 Å². The van der Waals surface area contributed by atoms with Gasteiger partial charge in [0, 0.05) is 5.56 Å². The van der Waals surface area contributed by atoms with Gasteiger partial charge < -0.3 is 14.9 Å². The molecule has 0 aromatic heterocycles. The van der Waals surface area contributed by atoms with Crippen LogP contribution in [0.5, 0.6) is 11.5 Å². The van der Waals surface area contributed by atoms with E-state index in [0.29, 0.717) is 29.7 Å². The number of carboxylic acid groups (broad SMARTS) is 1. The molecule has 1 aromatic carbocycles. The summed E-state index contributed by atoms with van der Waals surface area (Å²) >= 11 is 0. The third-order valence-corrected chi connectivity index (χ3v) is 4.95. The molecule has 0 saturated heterocycles. The quantitative estimate of drug-likeness (QED) is 0.661. The molecule has 138 valence electrons. The maximum atomic E-state index is 11.6. The molecule has 25 heavy (non-hydrogen) atoms. The van der Waals surface area contributed by atoms with E-state index in [1.807, 2.05) is 6.07 Å². The highest BCUT2D eigenvalue weighted by molar-refractivity contribution is 5.93. The topological polar surface area (TPSA) is 66.8 Å². The minimum Gasteiger partial charge on any atom is -0.507 e. The van der Waals surface area contributed by atoms with E-state index in [9.17, 15) is 15.0 Å². The van der Waals surface area contributed by atoms with Crippen molar-refractivity contribution in [3.05, 3.63) is 34.4 Å². The molecule has 2 rings (SSSR count). The van der Waals surface area contributed by atoms with Crippen LogP contribution in [-0.4, -0.2) is 21.8 Å². The second-order valence-corrected chi connectivity index (χ2v) is 7.52. The number of phenols is 1. The van der Waals surface area contributed by atoms with Crippen LogP contribution in [0.1, 0.15) is 81.3 Å². The third kappa shape index (κ3) is 4.56. The van der Waals surface area contributed by atoms with Gasteiger partial charge in [-0.05, 0) is 70.9 Å². The van der Waals surface area contributed by atoms with Crippen molar-refractivity contribution in [2.75, 3.05) is 0 Å². The number of aromatic carboxylic acids is 1. The molecule has 1 heterocycles. The molecule has 2 N–H and O–H groups in total. The van der Waals surface area contributed by atoms with Crippen LogP contribution in [-0.2, 0) is 12.8 Å². The van der Waals surface area contributed by atoms with Crippen LogP contribution in [0, 0.1) is 0 Å². The molecule has 0 aliphatic carbocycles. The molecule has 1 aliphatic heterocycles. The van der Waals surface area contributed by atoms with Gasteiger partial charge in [0.05, 0.1) is 0 Å². The van der Waals surface area contributed by atoms with Crippen molar-refractivity contribution in [2.45, 2.75) is 78.2 Å². The van der Waals surface area contributed by atoms with E-state index in [4.69, 9.17) is 4.74 Å². The van der Waals surface area contributed by atoms with Crippen molar-refractivity contribution in [1.82, 2.24) is 0 Å². The largest absolute Gasteiger partial charge is 0.507 e. The Morgan fingerprint density at radius 1 is 1.40 bits per heavy atom. The number of rotatable bonds is 7. The highest BCUT2D eigenvalue weighted by Crippen LogP contribution is 2.43. The molecule has 0 unspecified atom stereocenters. The summed E-state index contributed by atoms with van der Waals surface area (Å²) in [6.45, 7) is 8.34. The zero-order valence-electron chi connectivity index (χ0n) is 15.8. The lowest BCUT2D eigenvalue weighted by Crippen LogP contribution is -2.36. The number of carbonyl (C=O) groups is 1. The summed E-state index contributed by atoms with van der Waals surface area (Å²) in [6, 6.07) is 1.84. The molecule has 1 aliphatic rings. The number of fused-ring (bicyclic) bond motifs is 1. The number of ether oxygens (including phenoxy) is 1. The maximum Gasteiger partial charge on any atom is 0.339 e. The molecule has 0 spiro atoms. The molecule has 0 saturated carbocycles. The van der Waals surface area contributed by atoms with Crippen LogP contribution in [0.2, 0.25) is 0 Å². The summed E-state index contributed by atoms with van der Waals surface area (Å²) in [5, 5.41) is 20.0. The fraction of sp³-hybridized carbons (Fsp3) is 0.571. The van der Waals surface area contributed by atoms with Crippen molar-refractivity contribution in [3.63, 3.8) is 0 Å². The van der Waals surface area contributed by atoms with E-state index in [0.717, 1.165) is 32.1 Å².